The molecular formula is C15H25N3OS. The molecule has 1 aliphatic rings. The molecular weight excluding hydrogens is 270 g/mol. The standard InChI is InChI=1S/C15H25N3OS/c1-12-14(20-11-16-12)6-7-15(19)18-9-4-5-13(8-10-18)17(2)3/h11,13H,4-10H2,1-3H3. The van der Waals surface area contributed by atoms with Gasteiger partial charge in [0, 0.05) is 30.4 Å². The predicted octanol–water partition coefficient (Wildman–Crippen LogP) is 2.33. The number of aromatic nitrogens is 1. The van der Waals surface area contributed by atoms with Crippen LogP contribution in [0.2, 0.25) is 0 Å². The highest BCUT2D eigenvalue weighted by atomic mass is 32.1. The SMILES string of the molecule is Cc1ncsc1CCC(=O)N1CCCC(N(C)C)CC1. The van der Waals surface area contributed by atoms with Gasteiger partial charge in [0.2, 0.25) is 5.91 Å². The van der Waals surface area contributed by atoms with Crippen molar-refractivity contribution in [1.82, 2.24) is 14.8 Å². The largest absolute Gasteiger partial charge is 0.343 e. The monoisotopic (exact) mass is 295 g/mol. The Morgan fingerprint density at radius 1 is 1.45 bits per heavy atom. The molecule has 0 aliphatic carbocycles. The van der Waals surface area contributed by atoms with Crippen LogP contribution < -0.4 is 0 Å². The molecule has 0 N–H and O–H groups in total. The predicted molar refractivity (Wildman–Crippen MR) is 83.1 cm³/mol. The fourth-order valence-electron chi connectivity index (χ4n) is 2.79. The number of amides is 1. The lowest BCUT2D eigenvalue weighted by molar-refractivity contribution is -0.131. The van der Waals surface area contributed by atoms with Gasteiger partial charge in [0.25, 0.3) is 0 Å². The highest BCUT2D eigenvalue weighted by molar-refractivity contribution is 7.09. The Kier molecular flexibility index (Phi) is 5.54. The van der Waals surface area contributed by atoms with E-state index in [9.17, 15) is 4.79 Å². The Balaban J connectivity index is 1.82. The van der Waals surface area contributed by atoms with Gasteiger partial charge in [0.1, 0.15) is 0 Å². The van der Waals surface area contributed by atoms with Gasteiger partial charge in [-0.15, -0.1) is 11.3 Å². The first-order valence-electron chi connectivity index (χ1n) is 7.41. The van der Waals surface area contributed by atoms with Crippen LogP contribution in [0.15, 0.2) is 5.51 Å². The first-order valence-corrected chi connectivity index (χ1v) is 8.29. The van der Waals surface area contributed by atoms with Crippen molar-refractivity contribution in [3.63, 3.8) is 0 Å². The molecule has 2 rings (SSSR count). The van der Waals surface area contributed by atoms with Crippen molar-refractivity contribution in [3.8, 4) is 0 Å². The van der Waals surface area contributed by atoms with E-state index < -0.39 is 0 Å². The van der Waals surface area contributed by atoms with Crippen LogP contribution in [0.4, 0.5) is 0 Å². The third-order valence-corrected chi connectivity index (χ3v) is 5.19. The first-order chi connectivity index (χ1) is 9.58. The molecule has 0 aromatic carbocycles. The summed E-state index contributed by atoms with van der Waals surface area (Å²) in [5.41, 5.74) is 2.94. The van der Waals surface area contributed by atoms with Crippen LogP contribution in [-0.2, 0) is 11.2 Å². The average Bonchev–Trinajstić information content (AvgIpc) is 2.67. The summed E-state index contributed by atoms with van der Waals surface area (Å²) < 4.78 is 0. The van der Waals surface area contributed by atoms with E-state index in [1.54, 1.807) is 11.3 Å². The third kappa shape index (κ3) is 4.03. The molecule has 1 atom stereocenters. The Morgan fingerprint density at radius 2 is 2.25 bits per heavy atom. The Morgan fingerprint density at radius 3 is 2.90 bits per heavy atom. The zero-order chi connectivity index (χ0) is 14.5. The smallest absolute Gasteiger partial charge is 0.222 e. The Hall–Kier alpha value is -0.940. The summed E-state index contributed by atoms with van der Waals surface area (Å²) in [4.78, 5) is 22.2. The molecule has 5 heteroatoms. The molecule has 0 spiro atoms. The summed E-state index contributed by atoms with van der Waals surface area (Å²) in [6.07, 6.45) is 4.87. The van der Waals surface area contributed by atoms with Crippen molar-refractivity contribution >= 4 is 17.2 Å². The van der Waals surface area contributed by atoms with Gasteiger partial charge in [-0.2, -0.15) is 0 Å². The molecule has 2 heterocycles. The van der Waals surface area contributed by atoms with E-state index in [1.807, 2.05) is 12.4 Å². The van der Waals surface area contributed by atoms with Gasteiger partial charge in [-0.1, -0.05) is 0 Å². The number of thiazole rings is 1. The lowest BCUT2D eigenvalue weighted by atomic mass is 10.1. The molecule has 0 radical (unpaired) electrons. The summed E-state index contributed by atoms with van der Waals surface area (Å²) in [5.74, 6) is 0.303. The Bertz CT molecular complexity index is 444. The summed E-state index contributed by atoms with van der Waals surface area (Å²) in [6.45, 7) is 3.85. The van der Waals surface area contributed by atoms with Crippen LogP contribution in [0.3, 0.4) is 0 Å². The summed E-state index contributed by atoms with van der Waals surface area (Å²) in [6, 6.07) is 0.622. The molecule has 1 amide bonds. The number of aryl methyl sites for hydroxylation is 2. The molecule has 1 aliphatic heterocycles. The van der Waals surface area contributed by atoms with Crippen LogP contribution in [0.25, 0.3) is 0 Å². The van der Waals surface area contributed by atoms with Gasteiger partial charge < -0.3 is 9.80 Å². The number of hydrogen-bond acceptors (Lipinski definition) is 4. The topological polar surface area (TPSA) is 36.4 Å². The van der Waals surface area contributed by atoms with E-state index in [-0.39, 0.29) is 0 Å². The van der Waals surface area contributed by atoms with Crippen LogP contribution in [0, 0.1) is 6.92 Å². The molecule has 4 nitrogen and oxygen atoms in total. The maximum atomic E-state index is 12.3. The van der Waals surface area contributed by atoms with E-state index in [0.717, 1.165) is 38.0 Å². The van der Waals surface area contributed by atoms with Crippen LogP contribution in [0.5, 0.6) is 0 Å². The van der Waals surface area contributed by atoms with Crippen LogP contribution in [0.1, 0.15) is 36.3 Å². The minimum absolute atomic E-state index is 0.303. The summed E-state index contributed by atoms with van der Waals surface area (Å²) in [7, 11) is 4.27. The summed E-state index contributed by atoms with van der Waals surface area (Å²) >= 11 is 1.66. The second-order valence-electron chi connectivity index (χ2n) is 5.79. The molecule has 0 saturated carbocycles. The molecule has 1 aromatic heterocycles. The second-order valence-corrected chi connectivity index (χ2v) is 6.73. The van der Waals surface area contributed by atoms with Crippen molar-refractivity contribution in [3.05, 3.63) is 16.1 Å². The number of rotatable bonds is 4. The summed E-state index contributed by atoms with van der Waals surface area (Å²) in [5, 5.41) is 0. The highest BCUT2D eigenvalue weighted by Crippen LogP contribution is 2.18. The fourth-order valence-corrected chi connectivity index (χ4v) is 3.57. The fraction of sp³-hybridized carbons (Fsp3) is 0.733. The molecule has 20 heavy (non-hydrogen) atoms. The van der Waals surface area contributed by atoms with Crippen molar-refractivity contribution in [1.29, 1.82) is 0 Å². The van der Waals surface area contributed by atoms with E-state index in [4.69, 9.17) is 0 Å². The highest BCUT2D eigenvalue weighted by Gasteiger charge is 2.21. The number of hydrogen-bond donors (Lipinski definition) is 0. The maximum absolute atomic E-state index is 12.3. The van der Waals surface area contributed by atoms with Gasteiger partial charge in [0.05, 0.1) is 11.2 Å². The van der Waals surface area contributed by atoms with Crippen molar-refractivity contribution < 1.29 is 4.79 Å². The van der Waals surface area contributed by atoms with Gasteiger partial charge in [-0.05, 0) is 46.7 Å². The number of carbonyl (C=O) groups is 1. The van der Waals surface area contributed by atoms with Gasteiger partial charge in [-0.3, -0.25) is 4.79 Å². The van der Waals surface area contributed by atoms with E-state index >= 15 is 0 Å². The lowest BCUT2D eigenvalue weighted by Crippen LogP contribution is -2.33. The number of carbonyl (C=O) groups excluding carboxylic acids is 1. The van der Waals surface area contributed by atoms with E-state index in [0.29, 0.717) is 18.4 Å². The molecule has 1 saturated heterocycles. The zero-order valence-electron chi connectivity index (χ0n) is 12.8. The second kappa shape index (κ2) is 7.18. The number of likely N-dealkylation sites (tertiary alicyclic amines) is 1. The molecule has 112 valence electrons. The van der Waals surface area contributed by atoms with Gasteiger partial charge in [-0.25, -0.2) is 4.98 Å². The molecule has 1 fully saturated rings. The first kappa shape index (κ1) is 15.4. The minimum atomic E-state index is 0.303. The Labute approximate surface area is 125 Å². The lowest BCUT2D eigenvalue weighted by Gasteiger charge is -2.23. The average molecular weight is 295 g/mol. The number of nitrogens with zero attached hydrogens (tertiary/aromatic N) is 3. The molecule has 0 bridgehead atoms. The quantitative estimate of drug-likeness (QED) is 0.855. The van der Waals surface area contributed by atoms with Gasteiger partial charge in [0.15, 0.2) is 0 Å². The van der Waals surface area contributed by atoms with Crippen LogP contribution >= 0.6 is 11.3 Å². The third-order valence-electron chi connectivity index (χ3n) is 4.19. The van der Waals surface area contributed by atoms with Crippen LogP contribution in [-0.4, -0.2) is 53.9 Å². The maximum Gasteiger partial charge on any atom is 0.222 e. The van der Waals surface area contributed by atoms with Crippen molar-refractivity contribution in [2.45, 2.75) is 45.1 Å². The van der Waals surface area contributed by atoms with Crippen molar-refractivity contribution in [2.75, 3.05) is 27.2 Å². The molecule has 1 unspecified atom stereocenters. The van der Waals surface area contributed by atoms with Crippen molar-refractivity contribution in [2.24, 2.45) is 0 Å². The van der Waals surface area contributed by atoms with E-state index in [1.165, 1.54) is 11.3 Å². The normalized spacial score (nSPS) is 20.2. The zero-order valence-corrected chi connectivity index (χ0v) is 13.6. The van der Waals surface area contributed by atoms with Gasteiger partial charge >= 0.3 is 0 Å². The van der Waals surface area contributed by atoms with E-state index in [2.05, 4.69) is 28.9 Å². The minimum Gasteiger partial charge on any atom is -0.343 e. The molecule has 1 aromatic rings.